The number of benzene rings is 1. The molecule has 2 N–H and O–H groups in total. The van der Waals surface area contributed by atoms with Crippen molar-refractivity contribution < 1.29 is 24.0 Å². The van der Waals surface area contributed by atoms with E-state index in [-0.39, 0.29) is 16.9 Å². The molecule has 0 bridgehead atoms. The Labute approximate surface area is 101 Å². The molecule has 6 heteroatoms. The Balaban J connectivity index is 3.20. The molecule has 1 rings (SSSR count). The third-order valence-corrected chi connectivity index (χ3v) is 4.08. The van der Waals surface area contributed by atoms with Crippen LogP contribution in [0.4, 0.5) is 0 Å². The van der Waals surface area contributed by atoms with E-state index in [1.807, 2.05) is 0 Å². The topological polar surface area (TPSA) is 91.7 Å². The summed E-state index contributed by atoms with van der Waals surface area (Å²) in [5.41, 5.74) is -0.120. The number of aliphatic carboxylic acids is 1. The smallest absolute Gasteiger partial charge is 0.336 e. The van der Waals surface area contributed by atoms with E-state index >= 15 is 0 Å². The predicted molar refractivity (Wildman–Crippen MR) is 61.5 cm³/mol. The number of hydrogen-bond acceptors (Lipinski definition) is 3. The van der Waals surface area contributed by atoms with Gasteiger partial charge in [-0.25, -0.2) is 4.79 Å². The molecule has 0 fully saturated rings. The summed E-state index contributed by atoms with van der Waals surface area (Å²) in [4.78, 5) is 21.9. The number of carboxylic acid groups (broad SMARTS) is 2. The molecule has 92 valence electrons. The van der Waals surface area contributed by atoms with Crippen LogP contribution in [0.5, 0.6) is 0 Å². The second kappa shape index (κ2) is 5.58. The fourth-order valence-electron chi connectivity index (χ4n) is 1.39. The van der Waals surface area contributed by atoms with Gasteiger partial charge in [0.05, 0.1) is 21.3 Å². The summed E-state index contributed by atoms with van der Waals surface area (Å²) < 4.78 is 12.0. The Morgan fingerprint density at radius 2 is 1.88 bits per heavy atom. The lowest BCUT2D eigenvalue weighted by Gasteiger charge is -2.11. The second-order valence-corrected chi connectivity index (χ2v) is 4.94. The van der Waals surface area contributed by atoms with Gasteiger partial charge in [-0.1, -0.05) is 19.1 Å². The normalized spacial score (nSPS) is 13.9. The van der Waals surface area contributed by atoms with Gasteiger partial charge in [-0.2, -0.15) is 0 Å². The quantitative estimate of drug-likeness (QED) is 0.829. The minimum atomic E-state index is -1.86. The Hall–Kier alpha value is -1.69. The molecule has 5 nitrogen and oxygen atoms in total. The lowest BCUT2D eigenvalue weighted by atomic mass is 10.2. The molecule has 0 saturated heterocycles. The first-order valence-electron chi connectivity index (χ1n) is 4.94. The average Bonchev–Trinajstić information content (AvgIpc) is 2.29. The van der Waals surface area contributed by atoms with Gasteiger partial charge in [0.15, 0.2) is 0 Å². The second-order valence-electron chi connectivity index (χ2n) is 3.33. The molecule has 0 spiro atoms. The maximum absolute atomic E-state index is 12.0. The van der Waals surface area contributed by atoms with Gasteiger partial charge in [-0.3, -0.25) is 9.00 Å². The van der Waals surface area contributed by atoms with Crippen molar-refractivity contribution in [1.29, 1.82) is 0 Å². The highest BCUT2D eigenvalue weighted by atomic mass is 32.2. The number of hydrogen-bond donors (Lipinski definition) is 2. The van der Waals surface area contributed by atoms with Gasteiger partial charge in [0.25, 0.3) is 0 Å². The molecule has 0 heterocycles. The minimum Gasteiger partial charge on any atom is -0.480 e. The summed E-state index contributed by atoms with van der Waals surface area (Å²) >= 11 is 0. The standard InChI is InChI=1S/C11H12O5S/c1-2-8(11(14)15)17(16)9-6-4-3-5-7(9)10(12)13/h3-6,8H,2H2,1H3,(H,12,13)(H,14,15). The van der Waals surface area contributed by atoms with Gasteiger partial charge in [-0.05, 0) is 18.6 Å². The third-order valence-electron chi connectivity index (χ3n) is 2.24. The van der Waals surface area contributed by atoms with Crippen LogP contribution in [0.1, 0.15) is 23.7 Å². The van der Waals surface area contributed by atoms with E-state index in [4.69, 9.17) is 10.2 Å². The van der Waals surface area contributed by atoms with Crippen molar-refractivity contribution in [3.05, 3.63) is 29.8 Å². The monoisotopic (exact) mass is 256 g/mol. The zero-order valence-electron chi connectivity index (χ0n) is 9.12. The van der Waals surface area contributed by atoms with Crippen LogP contribution in [0, 0.1) is 0 Å². The SMILES string of the molecule is CCC(C(=O)O)S(=O)c1ccccc1C(=O)O. The van der Waals surface area contributed by atoms with Gasteiger partial charge in [0, 0.05) is 0 Å². The van der Waals surface area contributed by atoms with Crippen molar-refractivity contribution in [3.63, 3.8) is 0 Å². The highest BCUT2D eigenvalue weighted by Gasteiger charge is 2.26. The van der Waals surface area contributed by atoms with Crippen molar-refractivity contribution in [1.82, 2.24) is 0 Å². The van der Waals surface area contributed by atoms with E-state index in [1.54, 1.807) is 6.92 Å². The first-order valence-corrected chi connectivity index (χ1v) is 6.16. The lowest BCUT2D eigenvalue weighted by molar-refractivity contribution is -0.136. The van der Waals surface area contributed by atoms with Crippen LogP contribution in [0.3, 0.4) is 0 Å². The maximum atomic E-state index is 12.0. The predicted octanol–water partition coefficient (Wildman–Crippen LogP) is 1.36. The molecular formula is C11H12O5S. The van der Waals surface area contributed by atoms with Crippen LogP contribution in [0.2, 0.25) is 0 Å². The zero-order valence-corrected chi connectivity index (χ0v) is 9.94. The fraction of sp³-hybridized carbons (Fsp3) is 0.273. The first-order chi connectivity index (χ1) is 7.99. The molecule has 0 aliphatic carbocycles. The van der Waals surface area contributed by atoms with Crippen LogP contribution in [-0.2, 0) is 15.6 Å². The highest BCUT2D eigenvalue weighted by Crippen LogP contribution is 2.18. The Bertz CT molecular complexity index is 469. The summed E-state index contributed by atoms with van der Waals surface area (Å²) in [5.74, 6) is -2.40. The van der Waals surface area contributed by atoms with E-state index in [0.29, 0.717) is 0 Å². The molecule has 0 aliphatic heterocycles. The van der Waals surface area contributed by atoms with E-state index in [9.17, 15) is 13.8 Å². The van der Waals surface area contributed by atoms with E-state index in [0.717, 1.165) is 0 Å². The van der Waals surface area contributed by atoms with Gasteiger partial charge in [0.1, 0.15) is 5.25 Å². The number of rotatable bonds is 5. The molecule has 17 heavy (non-hydrogen) atoms. The maximum Gasteiger partial charge on any atom is 0.336 e. The van der Waals surface area contributed by atoms with Crippen molar-refractivity contribution in [3.8, 4) is 0 Å². The molecule has 0 aromatic heterocycles. The molecule has 1 aromatic rings. The number of carbonyl (C=O) groups is 2. The number of carboxylic acids is 2. The van der Waals surface area contributed by atoms with Gasteiger partial charge < -0.3 is 10.2 Å². The van der Waals surface area contributed by atoms with Crippen molar-refractivity contribution in [2.24, 2.45) is 0 Å². The van der Waals surface area contributed by atoms with Crippen LogP contribution in [0.25, 0.3) is 0 Å². The van der Waals surface area contributed by atoms with Crippen molar-refractivity contribution in [2.45, 2.75) is 23.5 Å². The van der Waals surface area contributed by atoms with Crippen LogP contribution in [0.15, 0.2) is 29.2 Å². The molecule has 0 saturated carbocycles. The third kappa shape index (κ3) is 2.91. The van der Waals surface area contributed by atoms with Gasteiger partial charge in [0.2, 0.25) is 0 Å². The molecule has 0 aliphatic rings. The molecule has 1 aromatic carbocycles. The van der Waals surface area contributed by atoms with Gasteiger partial charge >= 0.3 is 11.9 Å². The molecule has 2 unspecified atom stereocenters. The Morgan fingerprint density at radius 3 is 2.35 bits per heavy atom. The van der Waals surface area contributed by atoms with E-state index < -0.39 is 28.0 Å². The summed E-state index contributed by atoms with van der Waals surface area (Å²) in [6.07, 6.45) is 0.176. The summed E-state index contributed by atoms with van der Waals surface area (Å²) in [5, 5.41) is 16.7. The zero-order chi connectivity index (χ0) is 13.0. The van der Waals surface area contributed by atoms with Crippen LogP contribution >= 0.6 is 0 Å². The van der Waals surface area contributed by atoms with Crippen LogP contribution in [-0.4, -0.2) is 31.6 Å². The summed E-state index contributed by atoms with van der Waals surface area (Å²) in [6.45, 7) is 1.60. The fourth-order valence-corrected chi connectivity index (χ4v) is 2.77. The molecular weight excluding hydrogens is 244 g/mol. The van der Waals surface area contributed by atoms with E-state index in [1.165, 1.54) is 24.3 Å². The molecule has 0 radical (unpaired) electrons. The highest BCUT2D eigenvalue weighted by molar-refractivity contribution is 7.86. The van der Waals surface area contributed by atoms with Crippen molar-refractivity contribution in [2.75, 3.05) is 0 Å². The Kier molecular flexibility index (Phi) is 4.39. The summed E-state index contributed by atoms with van der Waals surface area (Å²) in [7, 11) is -1.86. The molecule has 0 amide bonds. The minimum absolute atomic E-state index is 0.0502. The van der Waals surface area contributed by atoms with Crippen LogP contribution < -0.4 is 0 Å². The van der Waals surface area contributed by atoms with E-state index in [2.05, 4.69) is 0 Å². The Morgan fingerprint density at radius 1 is 1.29 bits per heavy atom. The van der Waals surface area contributed by atoms with Gasteiger partial charge in [-0.15, -0.1) is 0 Å². The molecule has 2 atom stereocenters. The first kappa shape index (κ1) is 13.4. The lowest BCUT2D eigenvalue weighted by Crippen LogP contribution is -2.25. The summed E-state index contributed by atoms with van der Waals surface area (Å²) in [6, 6.07) is 5.73. The average molecular weight is 256 g/mol. The number of aromatic carboxylic acids is 1. The largest absolute Gasteiger partial charge is 0.480 e. The van der Waals surface area contributed by atoms with Crippen molar-refractivity contribution >= 4 is 22.7 Å².